The summed E-state index contributed by atoms with van der Waals surface area (Å²) < 4.78 is 3.08. The number of hydrogen-bond donors (Lipinski definition) is 1. The quantitative estimate of drug-likeness (QED) is 0.923. The van der Waals surface area contributed by atoms with E-state index >= 15 is 0 Å². The van der Waals surface area contributed by atoms with Crippen molar-refractivity contribution in [3.05, 3.63) is 46.5 Å². The SMILES string of the molecule is Cn1cnnc1C1(c2cccc(Br)c2)CC(N)C1. The summed E-state index contributed by atoms with van der Waals surface area (Å²) in [4.78, 5) is 0. The Morgan fingerprint density at radius 3 is 2.78 bits per heavy atom. The van der Waals surface area contributed by atoms with Crippen molar-refractivity contribution in [2.75, 3.05) is 0 Å². The fourth-order valence-corrected chi connectivity index (χ4v) is 3.28. The number of aryl methyl sites for hydroxylation is 1. The molecule has 18 heavy (non-hydrogen) atoms. The Labute approximate surface area is 114 Å². The molecule has 2 N–H and O–H groups in total. The maximum absolute atomic E-state index is 6.02. The van der Waals surface area contributed by atoms with Crippen LogP contribution < -0.4 is 5.73 Å². The van der Waals surface area contributed by atoms with Gasteiger partial charge in [-0.1, -0.05) is 28.1 Å². The molecule has 0 bridgehead atoms. The molecule has 4 nitrogen and oxygen atoms in total. The van der Waals surface area contributed by atoms with E-state index in [4.69, 9.17) is 5.73 Å². The fraction of sp³-hybridized carbons (Fsp3) is 0.385. The monoisotopic (exact) mass is 306 g/mol. The molecule has 5 heteroatoms. The average molecular weight is 307 g/mol. The molecular weight excluding hydrogens is 292 g/mol. The van der Waals surface area contributed by atoms with Crippen LogP contribution in [0.2, 0.25) is 0 Å². The smallest absolute Gasteiger partial charge is 0.143 e. The number of rotatable bonds is 2. The lowest BCUT2D eigenvalue weighted by Gasteiger charge is -2.45. The third kappa shape index (κ3) is 1.69. The van der Waals surface area contributed by atoms with Gasteiger partial charge in [-0.3, -0.25) is 0 Å². The zero-order valence-corrected chi connectivity index (χ0v) is 11.8. The minimum absolute atomic E-state index is 0.0750. The second-order valence-corrected chi connectivity index (χ2v) is 5.94. The maximum Gasteiger partial charge on any atom is 0.143 e. The van der Waals surface area contributed by atoms with Crippen LogP contribution in [-0.4, -0.2) is 20.8 Å². The predicted molar refractivity (Wildman–Crippen MR) is 73.1 cm³/mol. The van der Waals surface area contributed by atoms with Gasteiger partial charge in [-0.2, -0.15) is 0 Å². The van der Waals surface area contributed by atoms with Gasteiger partial charge in [0.1, 0.15) is 12.2 Å². The van der Waals surface area contributed by atoms with Crippen LogP contribution in [-0.2, 0) is 12.5 Å². The minimum atomic E-state index is -0.0750. The molecule has 1 heterocycles. The van der Waals surface area contributed by atoms with E-state index in [1.807, 2.05) is 17.7 Å². The molecule has 0 radical (unpaired) electrons. The van der Waals surface area contributed by atoms with Crippen molar-refractivity contribution in [2.45, 2.75) is 24.3 Å². The van der Waals surface area contributed by atoms with Crippen molar-refractivity contribution in [2.24, 2.45) is 12.8 Å². The van der Waals surface area contributed by atoms with Gasteiger partial charge < -0.3 is 10.3 Å². The van der Waals surface area contributed by atoms with Crippen LogP contribution >= 0.6 is 15.9 Å². The summed E-state index contributed by atoms with van der Waals surface area (Å²) in [5.74, 6) is 1.00. The van der Waals surface area contributed by atoms with Gasteiger partial charge in [0.2, 0.25) is 0 Å². The summed E-state index contributed by atoms with van der Waals surface area (Å²) in [7, 11) is 1.99. The molecule has 0 amide bonds. The van der Waals surface area contributed by atoms with E-state index in [-0.39, 0.29) is 11.5 Å². The Balaban J connectivity index is 2.11. The summed E-state index contributed by atoms with van der Waals surface area (Å²) in [5.41, 5.74) is 7.20. The van der Waals surface area contributed by atoms with Crippen LogP contribution in [0.1, 0.15) is 24.2 Å². The number of halogens is 1. The Kier molecular flexibility index (Phi) is 2.75. The van der Waals surface area contributed by atoms with Gasteiger partial charge in [0.05, 0.1) is 5.41 Å². The summed E-state index contributed by atoms with van der Waals surface area (Å²) in [6.45, 7) is 0. The van der Waals surface area contributed by atoms with E-state index in [0.717, 1.165) is 23.1 Å². The molecule has 0 spiro atoms. The van der Waals surface area contributed by atoms with Gasteiger partial charge >= 0.3 is 0 Å². The lowest BCUT2D eigenvalue weighted by molar-refractivity contribution is 0.234. The van der Waals surface area contributed by atoms with Gasteiger partial charge in [0, 0.05) is 17.6 Å². The first-order valence-electron chi connectivity index (χ1n) is 5.98. The largest absolute Gasteiger partial charge is 0.328 e. The molecule has 1 saturated carbocycles. The Morgan fingerprint density at radius 1 is 1.44 bits per heavy atom. The molecule has 94 valence electrons. The molecule has 0 atom stereocenters. The lowest BCUT2D eigenvalue weighted by atomic mass is 9.61. The fourth-order valence-electron chi connectivity index (χ4n) is 2.89. The Hall–Kier alpha value is -1.20. The van der Waals surface area contributed by atoms with E-state index < -0.39 is 0 Å². The van der Waals surface area contributed by atoms with E-state index in [9.17, 15) is 0 Å². The molecule has 1 aromatic carbocycles. The Bertz CT molecular complexity index is 572. The molecule has 0 unspecified atom stereocenters. The highest BCUT2D eigenvalue weighted by Crippen LogP contribution is 2.47. The van der Waals surface area contributed by atoms with E-state index in [2.05, 4.69) is 44.3 Å². The van der Waals surface area contributed by atoms with Gasteiger partial charge in [0.15, 0.2) is 0 Å². The van der Waals surface area contributed by atoms with Crippen LogP contribution in [0, 0.1) is 0 Å². The average Bonchev–Trinajstić information content (AvgIpc) is 2.71. The van der Waals surface area contributed by atoms with E-state index in [1.54, 1.807) is 6.33 Å². The van der Waals surface area contributed by atoms with Crippen LogP contribution in [0.3, 0.4) is 0 Å². The molecule has 1 fully saturated rings. The molecule has 1 aliphatic carbocycles. The topological polar surface area (TPSA) is 56.7 Å². The second-order valence-electron chi connectivity index (χ2n) is 5.03. The summed E-state index contributed by atoms with van der Waals surface area (Å²) in [6.07, 6.45) is 3.60. The second kappa shape index (κ2) is 4.17. The van der Waals surface area contributed by atoms with E-state index in [1.165, 1.54) is 5.56 Å². The molecule has 1 aromatic heterocycles. The minimum Gasteiger partial charge on any atom is -0.328 e. The molecule has 0 saturated heterocycles. The van der Waals surface area contributed by atoms with Crippen molar-refractivity contribution in [3.63, 3.8) is 0 Å². The third-order valence-electron chi connectivity index (χ3n) is 3.74. The number of benzene rings is 1. The van der Waals surface area contributed by atoms with Crippen molar-refractivity contribution in [1.82, 2.24) is 14.8 Å². The van der Waals surface area contributed by atoms with Crippen molar-refractivity contribution >= 4 is 15.9 Å². The standard InChI is InChI=1S/C13H15BrN4/c1-18-8-16-17-12(18)13(6-11(15)7-13)9-3-2-4-10(14)5-9/h2-5,8,11H,6-7,15H2,1H3. The summed E-state index contributed by atoms with van der Waals surface area (Å²) in [6, 6.07) is 8.64. The van der Waals surface area contributed by atoms with Crippen molar-refractivity contribution in [3.8, 4) is 0 Å². The van der Waals surface area contributed by atoms with Crippen LogP contribution in [0.4, 0.5) is 0 Å². The lowest BCUT2D eigenvalue weighted by Crippen LogP contribution is -2.51. The number of nitrogens with zero attached hydrogens (tertiary/aromatic N) is 3. The van der Waals surface area contributed by atoms with Gasteiger partial charge in [-0.25, -0.2) is 0 Å². The molecule has 1 aliphatic rings. The van der Waals surface area contributed by atoms with Gasteiger partial charge in [-0.15, -0.1) is 10.2 Å². The first-order valence-corrected chi connectivity index (χ1v) is 6.77. The van der Waals surface area contributed by atoms with Gasteiger partial charge in [-0.05, 0) is 30.5 Å². The van der Waals surface area contributed by atoms with Crippen molar-refractivity contribution < 1.29 is 0 Å². The summed E-state index contributed by atoms with van der Waals surface area (Å²) in [5, 5.41) is 8.30. The zero-order valence-electron chi connectivity index (χ0n) is 10.2. The molecule has 3 rings (SSSR count). The Morgan fingerprint density at radius 2 is 2.22 bits per heavy atom. The highest BCUT2D eigenvalue weighted by Gasteiger charge is 2.48. The number of nitrogens with two attached hydrogens (primary N) is 1. The molecule has 2 aromatic rings. The number of hydrogen-bond acceptors (Lipinski definition) is 3. The molecular formula is C13H15BrN4. The summed E-state index contributed by atoms with van der Waals surface area (Å²) >= 11 is 3.53. The van der Waals surface area contributed by atoms with E-state index in [0.29, 0.717) is 0 Å². The van der Waals surface area contributed by atoms with Crippen LogP contribution in [0.25, 0.3) is 0 Å². The highest BCUT2D eigenvalue weighted by molar-refractivity contribution is 9.10. The third-order valence-corrected chi connectivity index (χ3v) is 4.23. The first-order chi connectivity index (χ1) is 8.62. The maximum atomic E-state index is 6.02. The van der Waals surface area contributed by atoms with Crippen LogP contribution in [0.15, 0.2) is 35.1 Å². The predicted octanol–water partition coefficient (Wildman–Crippen LogP) is 1.98. The van der Waals surface area contributed by atoms with Crippen molar-refractivity contribution in [1.29, 1.82) is 0 Å². The normalized spacial score (nSPS) is 26.9. The number of aromatic nitrogens is 3. The first kappa shape index (κ1) is 11.9. The zero-order chi connectivity index (χ0) is 12.8. The van der Waals surface area contributed by atoms with Gasteiger partial charge in [0.25, 0.3) is 0 Å². The molecule has 0 aliphatic heterocycles. The highest BCUT2D eigenvalue weighted by atomic mass is 79.9. The van der Waals surface area contributed by atoms with Crippen LogP contribution in [0.5, 0.6) is 0 Å².